The van der Waals surface area contributed by atoms with Crippen molar-refractivity contribution in [1.82, 2.24) is 0 Å². The topological polar surface area (TPSA) is 38.7 Å². The van der Waals surface area contributed by atoms with Crippen molar-refractivity contribution >= 4 is 22.0 Å². The Balaban J connectivity index is 2.75. The van der Waals surface area contributed by atoms with Crippen LogP contribution < -0.4 is 4.74 Å². The second-order valence-electron chi connectivity index (χ2n) is 5.15. The summed E-state index contributed by atoms with van der Waals surface area (Å²) in [5.41, 5.74) is 2.75. The van der Waals surface area contributed by atoms with E-state index in [4.69, 9.17) is 4.74 Å². The van der Waals surface area contributed by atoms with Crippen LogP contribution in [0, 0.1) is 13.8 Å². The van der Waals surface area contributed by atoms with Crippen LogP contribution in [-0.2, 0) is 10.3 Å². The fraction of sp³-hybridized carbons (Fsp3) is 0.533. The molecule has 1 aromatic carbocycles. The first-order chi connectivity index (χ1) is 9.05. The fourth-order valence-electron chi connectivity index (χ4n) is 3.14. The molecule has 0 radical (unpaired) electrons. The second kappa shape index (κ2) is 5.48. The molecule has 0 aliphatic heterocycles. The van der Waals surface area contributed by atoms with Crippen LogP contribution in [0.3, 0.4) is 0 Å². The average molecular weight is 324 g/mol. The molecule has 0 atom stereocenters. The van der Waals surface area contributed by atoms with Crippen LogP contribution in [-0.4, -0.2) is 13.2 Å². The molecule has 0 heterocycles. The van der Waals surface area contributed by atoms with Gasteiger partial charge in [0.25, 0.3) is 0 Å². The second-order valence-corrected chi connectivity index (χ2v) is 6.00. The van der Waals surface area contributed by atoms with Gasteiger partial charge in [0.1, 0.15) is 11.3 Å². The molecule has 0 saturated heterocycles. The van der Waals surface area contributed by atoms with Crippen LogP contribution in [0.5, 0.6) is 5.75 Å². The number of halogens is 1. The monoisotopic (exact) mass is 323 g/mol. The number of aliphatic imine (C=N–C) groups is 1. The molecule has 0 bridgehead atoms. The highest BCUT2D eigenvalue weighted by Crippen LogP contribution is 2.49. The van der Waals surface area contributed by atoms with Crippen molar-refractivity contribution < 1.29 is 9.53 Å². The standard InChI is InChI=1S/C15H18BrNO2/c1-10-8-12(16)11(2)13(14(10)19-3)15(17-9-18)6-4-5-7-15/h8H,4-7H2,1-3H3. The molecule has 1 saturated carbocycles. The molecule has 2 rings (SSSR count). The molecule has 102 valence electrons. The minimum Gasteiger partial charge on any atom is -0.496 e. The van der Waals surface area contributed by atoms with E-state index in [1.807, 2.05) is 19.9 Å². The maximum Gasteiger partial charge on any atom is 0.235 e. The van der Waals surface area contributed by atoms with Gasteiger partial charge in [-0.25, -0.2) is 4.79 Å². The quantitative estimate of drug-likeness (QED) is 0.618. The van der Waals surface area contributed by atoms with Crippen molar-refractivity contribution in [2.24, 2.45) is 4.99 Å². The van der Waals surface area contributed by atoms with Gasteiger partial charge in [-0.1, -0.05) is 28.8 Å². The van der Waals surface area contributed by atoms with Crippen LogP contribution in [0.1, 0.15) is 42.4 Å². The summed E-state index contributed by atoms with van der Waals surface area (Å²) >= 11 is 3.59. The first-order valence-electron chi connectivity index (χ1n) is 6.49. The molecule has 0 unspecified atom stereocenters. The number of ether oxygens (including phenoxy) is 1. The zero-order chi connectivity index (χ0) is 14.0. The first kappa shape index (κ1) is 14.3. The number of aryl methyl sites for hydroxylation is 1. The van der Waals surface area contributed by atoms with E-state index in [1.54, 1.807) is 13.2 Å². The molecular formula is C15H18BrNO2. The van der Waals surface area contributed by atoms with E-state index in [0.29, 0.717) is 0 Å². The van der Waals surface area contributed by atoms with Crippen molar-refractivity contribution in [2.75, 3.05) is 7.11 Å². The molecule has 3 nitrogen and oxygen atoms in total. The Morgan fingerprint density at radius 3 is 2.53 bits per heavy atom. The Labute approximate surface area is 122 Å². The molecule has 1 fully saturated rings. The first-order valence-corrected chi connectivity index (χ1v) is 7.28. The van der Waals surface area contributed by atoms with Gasteiger partial charge in [0.15, 0.2) is 0 Å². The lowest BCUT2D eigenvalue weighted by Gasteiger charge is -2.28. The van der Waals surface area contributed by atoms with Crippen molar-refractivity contribution in [2.45, 2.75) is 45.1 Å². The van der Waals surface area contributed by atoms with Crippen LogP contribution in [0.2, 0.25) is 0 Å². The van der Waals surface area contributed by atoms with E-state index < -0.39 is 5.54 Å². The predicted octanol–water partition coefficient (Wildman–Crippen LogP) is 4.18. The highest BCUT2D eigenvalue weighted by atomic mass is 79.9. The van der Waals surface area contributed by atoms with Gasteiger partial charge >= 0.3 is 0 Å². The molecule has 0 N–H and O–H groups in total. The number of hydrogen-bond donors (Lipinski definition) is 0. The predicted molar refractivity (Wildman–Crippen MR) is 78.4 cm³/mol. The molecule has 4 heteroatoms. The Morgan fingerprint density at radius 1 is 1.37 bits per heavy atom. The Morgan fingerprint density at radius 2 is 2.00 bits per heavy atom. The molecule has 0 amide bonds. The summed E-state index contributed by atoms with van der Waals surface area (Å²) in [5, 5.41) is 0. The summed E-state index contributed by atoms with van der Waals surface area (Å²) < 4.78 is 6.62. The van der Waals surface area contributed by atoms with Crippen molar-refractivity contribution in [3.05, 3.63) is 27.2 Å². The number of nitrogens with zero attached hydrogens (tertiary/aromatic N) is 1. The molecule has 0 spiro atoms. The maximum absolute atomic E-state index is 10.9. The third kappa shape index (κ3) is 2.35. The Bertz CT molecular complexity index is 542. The minimum absolute atomic E-state index is 0.453. The van der Waals surface area contributed by atoms with Crippen LogP contribution in [0.15, 0.2) is 15.5 Å². The lowest BCUT2D eigenvalue weighted by Crippen LogP contribution is -2.22. The number of hydrogen-bond acceptors (Lipinski definition) is 3. The van der Waals surface area contributed by atoms with Gasteiger partial charge < -0.3 is 4.74 Å². The summed E-state index contributed by atoms with van der Waals surface area (Å²) in [6, 6.07) is 2.05. The number of isocyanates is 1. The Kier molecular flexibility index (Phi) is 4.12. The highest BCUT2D eigenvalue weighted by Gasteiger charge is 2.40. The normalized spacial score (nSPS) is 17.1. The van der Waals surface area contributed by atoms with Crippen LogP contribution in [0.25, 0.3) is 0 Å². The van der Waals surface area contributed by atoms with Crippen LogP contribution >= 0.6 is 15.9 Å². The van der Waals surface area contributed by atoms with Gasteiger partial charge in [0, 0.05) is 10.0 Å². The maximum atomic E-state index is 10.9. The zero-order valence-corrected chi connectivity index (χ0v) is 13.1. The van der Waals surface area contributed by atoms with Crippen molar-refractivity contribution in [3.63, 3.8) is 0 Å². The molecule has 19 heavy (non-hydrogen) atoms. The lowest BCUT2D eigenvalue weighted by molar-refractivity contribution is 0.375. The average Bonchev–Trinajstić information content (AvgIpc) is 2.83. The van der Waals surface area contributed by atoms with Gasteiger partial charge in [-0.15, -0.1) is 0 Å². The van der Waals surface area contributed by atoms with Gasteiger partial charge in [0.05, 0.1) is 7.11 Å². The summed E-state index contributed by atoms with van der Waals surface area (Å²) in [7, 11) is 1.67. The summed E-state index contributed by atoms with van der Waals surface area (Å²) in [6.07, 6.45) is 5.70. The number of methoxy groups -OCH3 is 1. The fourth-order valence-corrected chi connectivity index (χ4v) is 3.68. The van der Waals surface area contributed by atoms with Crippen LogP contribution in [0.4, 0.5) is 0 Å². The van der Waals surface area contributed by atoms with E-state index in [2.05, 4.69) is 20.9 Å². The van der Waals surface area contributed by atoms with Gasteiger partial charge in [-0.05, 0) is 43.9 Å². The molecular weight excluding hydrogens is 306 g/mol. The van der Waals surface area contributed by atoms with E-state index in [0.717, 1.165) is 52.6 Å². The van der Waals surface area contributed by atoms with E-state index >= 15 is 0 Å². The van der Waals surface area contributed by atoms with Crippen molar-refractivity contribution in [1.29, 1.82) is 0 Å². The Hall–Kier alpha value is -1.12. The minimum atomic E-state index is -0.453. The summed E-state index contributed by atoms with van der Waals surface area (Å²) in [5.74, 6) is 0.849. The highest BCUT2D eigenvalue weighted by molar-refractivity contribution is 9.10. The van der Waals surface area contributed by atoms with E-state index in [1.165, 1.54) is 0 Å². The molecule has 1 aromatic rings. The van der Waals surface area contributed by atoms with E-state index in [-0.39, 0.29) is 0 Å². The number of benzene rings is 1. The molecule has 0 aromatic heterocycles. The number of rotatable bonds is 3. The SMILES string of the molecule is COc1c(C)cc(Br)c(C)c1C1(N=C=O)CCCC1. The summed E-state index contributed by atoms with van der Waals surface area (Å²) in [6.45, 7) is 4.06. The molecule has 1 aliphatic carbocycles. The van der Waals surface area contributed by atoms with Gasteiger partial charge in [0.2, 0.25) is 6.08 Å². The summed E-state index contributed by atoms with van der Waals surface area (Å²) in [4.78, 5) is 15.0. The third-order valence-corrected chi connectivity index (χ3v) is 4.85. The smallest absolute Gasteiger partial charge is 0.235 e. The van der Waals surface area contributed by atoms with Gasteiger partial charge in [-0.3, -0.25) is 0 Å². The zero-order valence-electron chi connectivity index (χ0n) is 11.5. The number of carbonyl (C=O) groups excluding carboxylic acids is 1. The third-order valence-electron chi connectivity index (χ3n) is 4.02. The lowest BCUT2D eigenvalue weighted by atomic mass is 9.84. The largest absolute Gasteiger partial charge is 0.496 e. The van der Waals surface area contributed by atoms with Gasteiger partial charge in [-0.2, -0.15) is 4.99 Å². The van der Waals surface area contributed by atoms with Crippen molar-refractivity contribution in [3.8, 4) is 5.75 Å². The van der Waals surface area contributed by atoms with E-state index in [9.17, 15) is 4.79 Å². The molecule has 1 aliphatic rings.